The first-order valence-corrected chi connectivity index (χ1v) is 9.68. The Hall–Kier alpha value is -2.73. The zero-order valence-electron chi connectivity index (χ0n) is 15.1. The number of rotatable bonds is 7. The molecule has 0 saturated heterocycles. The smallest absolute Gasteiger partial charge is 0.312 e. The number of nitrogens with zero attached hydrogens (tertiary/aromatic N) is 2. The van der Waals surface area contributed by atoms with Crippen molar-refractivity contribution in [3.05, 3.63) is 60.2 Å². The van der Waals surface area contributed by atoms with Gasteiger partial charge in [-0.15, -0.1) is 0 Å². The highest BCUT2D eigenvalue weighted by atomic mass is 127. The number of benzene rings is 2. The fraction of sp³-hybridized carbons (Fsp3) is 0.167. The van der Waals surface area contributed by atoms with Crippen molar-refractivity contribution in [1.82, 2.24) is 5.43 Å². The van der Waals surface area contributed by atoms with E-state index in [1.165, 1.54) is 6.07 Å². The van der Waals surface area contributed by atoms with Gasteiger partial charge in [0, 0.05) is 38.8 Å². The Morgan fingerprint density at radius 1 is 1.28 bits per heavy atom. The van der Waals surface area contributed by atoms with Crippen molar-refractivity contribution >= 4 is 63.6 Å². The minimum absolute atomic E-state index is 0.0311. The van der Waals surface area contributed by atoms with E-state index in [4.69, 9.17) is 11.6 Å². The summed E-state index contributed by atoms with van der Waals surface area (Å²) < 4.78 is 1.05. The summed E-state index contributed by atoms with van der Waals surface area (Å²) in [7, 11) is 0. The highest BCUT2D eigenvalue weighted by Crippen LogP contribution is 2.32. The van der Waals surface area contributed by atoms with E-state index in [0.29, 0.717) is 5.69 Å². The van der Waals surface area contributed by atoms with Crippen molar-refractivity contribution in [3.63, 3.8) is 0 Å². The molecule has 29 heavy (non-hydrogen) atoms. The van der Waals surface area contributed by atoms with E-state index in [0.717, 1.165) is 21.4 Å². The van der Waals surface area contributed by atoms with E-state index >= 15 is 0 Å². The number of anilines is 1. The Bertz CT molecular complexity index is 996. The highest BCUT2D eigenvalue weighted by molar-refractivity contribution is 14.1. The van der Waals surface area contributed by atoms with Crippen LogP contribution < -0.4 is 10.7 Å². The van der Waals surface area contributed by atoms with Crippen LogP contribution in [0.5, 0.6) is 5.75 Å². The van der Waals surface area contributed by atoms with Gasteiger partial charge in [-0.2, -0.15) is 5.10 Å². The highest BCUT2D eigenvalue weighted by Gasteiger charge is 2.17. The van der Waals surface area contributed by atoms with Crippen LogP contribution in [0.1, 0.15) is 24.0 Å². The third-order valence-electron chi connectivity index (χ3n) is 3.72. The zero-order chi connectivity index (χ0) is 21.6. The standard InChI is InChI=1S/C18H16ClIN4O5/c1-10-6-13(20)2-3-14(10)22-16(25)4-5-17(26)23-21-9-11-7-12(19)8-15(18(11)27)24(28)29/h2-3,6-9,27H,4-5H2,1H3,(H,22,25)(H,23,26)/b21-9-. The number of hydrogen-bond acceptors (Lipinski definition) is 6. The molecule has 0 fully saturated rings. The van der Waals surface area contributed by atoms with Crippen molar-refractivity contribution in [2.24, 2.45) is 5.10 Å². The van der Waals surface area contributed by atoms with E-state index in [9.17, 15) is 24.8 Å². The summed E-state index contributed by atoms with van der Waals surface area (Å²) in [6.07, 6.45) is 0.857. The van der Waals surface area contributed by atoms with Crippen molar-refractivity contribution in [2.75, 3.05) is 5.32 Å². The monoisotopic (exact) mass is 530 g/mol. The van der Waals surface area contributed by atoms with Crippen LogP contribution in [0.4, 0.5) is 11.4 Å². The van der Waals surface area contributed by atoms with Gasteiger partial charge in [0.15, 0.2) is 0 Å². The van der Waals surface area contributed by atoms with Gasteiger partial charge in [-0.05, 0) is 59.3 Å². The Labute approximate surface area is 184 Å². The maximum Gasteiger partial charge on any atom is 0.312 e. The van der Waals surface area contributed by atoms with Crippen LogP contribution in [0.3, 0.4) is 0 Å². The van der Waals surface area contributed by atoms with Gasteiger partial charge in [-0.1, -0.05) is 11.6 Å². The summed E-state index contributed by atoms with van der Waals surface area (Å²) in [5.41, 5.74) is 3.17. The zero-order valence-corrected chi connectivity index (χ0v) is 18.0. The number of carbonyl (C=O) groups is 2. The number of hydrazone groups is 1. The lowest BCUT2D eigenvalue weighted by Crippen LogP contribution is -2.20. The molecule has 0 aliphatic heterocycles. The average molecular weight is 531 g/mol. The van der Waals surface area contributed by atoms with Crippen LogP contribution in [-0.4, -0.2) is 28.1 Å². The van der Waals surface area contributed by atoms with Crippen LogP contribution in [0.2, 0.25) is 5.02 Å². The summed E-state index contributed by atoms with van der Waals surface area (Å²) >= 11 is 7.94. The minimum atomic E-state index is -0.787. The number of amides is 2. The number of phenols is 1. The summed E-state index contributed by atoms with van der Waals surface area (Å²) in [5.74, 6) is -1.48. The molecule has 0 atom stereocenters. The van der Waals surface area contributed by atoms with Gasteiger partial charge in [0.2, 0.25) is 17.6 Å². The van der Waals surface area contributed by atoms with E-state index in [1.54, 1.807) is 6.07 Å². The number of carbonyl (C=O) groups excluding carboxylic acids is 2. The molecule has 0 aromatic heterocycles. The second-order valence-corrected chi connectivity index (χ2v) is 7.60. The molecule has 3 N–H and O–H groups in total. The number of aromatic hydroxyl groups is 1. The quantitative estimate of drug-likeness (QED) is 0.217. The van der Waals surface area contributed by atoms with Gasteiger partial charge in [0.25, 0.3) is 0 Å². The number of nitrogens with one attached hydrogen (secondary N) is 2. The van der Waals surface area contributed by atoms with Crippen LogP contribution in [0.25, 0.3) is 0 Å². The molecular weight excluding hydrogens is 515 g/mol. The molecule has 0 unspecified atom stereocenters. The molecule has 0 aliphatic carbocycles. The summed E-state index contributed by atoms with van der Waals surface area (Å²) in [5, 5.41) is 27.1. The maximum atomic E-state index is 12.0. The van der Waals surface area contributed by atoms with E-state index in [2.05, 4.69) is 38.4 Å². The van der Waals surface area contributed by atoms with Crippen LogP contribution in [-0.2, 0) is 9.59 Å². The third kappa shape index (κ3) is 6.68. The number of nitro benzene ring substituents is 1. The lowest BCUT2D eigenvalue weighted by Gasteiger charge is -2.08. The molecule has 0 aliphatic rings. The Balaban J connectivity index is 1.88. The number of aryl methyl sites for hydroxylation is 1. The van der Waals surface area contributed by atoms with Gasteiger partial charge in [0.1, 0.15) is 0 Å². The molecule has 2 rings (SSSR count). The minimum Gasteiger partial charge on any atom is -0.502 e. The number of phenolic OH excluding ortho intramolecular Hbond substituents is 1. The van der Waals surface area contributed by atoms with E-state index < -0.39 is 22.3 Å². The molecular formula is C18H16ClIN4O5. The molecule has 2 aromatic carbocycles. The molecule has 2 amide bonds. The first kappa shape index (κ1) is 22.6. The van der Waals surface area contributed by atoms with Crippen molar-refractivity contribution in [2.45, 2.75) is 19.8 Å². The molecule has 152 valence electrons. The molecule has 9 nitrogen and oxygen atoms in total. The Kier molecular flexibility index (Phi) is 7.91. The first-order valence-electron chi connectivity index (χ1n) is 8.22. The second kappa shape index (κ2) is 10.2. The first-order chi connectivity index (χ1) is 13.7. The molecule has 0 heterocycles. The van der Waals surface area contributed by atoms with Crippen molar-refractivity contribution in [1.29, 1.82) is 0 Å². The molecule has 0 saturated carbocycles. The second-order valence-electron chi connectivity index (χ2n) is 5.92. The number of nitro groups is 1. The Morgan fingerprint density at radius 3 is 2.62 bits per heavy atom. The molecule has 2 aromatic rings. The summed E-state index contributed by atoms with van der Waals surface area (Å²) in [6, 6.07) is 7.83. The van der Waals surface area contributed by atoms with Gasteiger partial charge in [0.05, 0.1) is 11.1 Å². The number of hydrogen-bond donors (Lipinski definition) is 3. The van der Waals surface area contributed by atoms with E-state index in [-0.39, 0.29) is 29.3 Å². The SMILES string of the molecule is Cc1cc(I)ccc1NC(=O)CCC(=O)N/N=C\c1cc(Cl)cc([N+](=O)[O-])c1O. The largest absolute Gasteiger partial charge is 0.502 e. The van der Waals surface area contributed by atoms with Gasteiger partial charge >= 0.3 is 5.69 Å². The summed E-state index contributed by atoms with van der Waals surface area (Å²) in [6.45, 7) is 1.87. The normalized spacial score (nSPS) is 10.7. The van der Waals surface area contributed by atoms with Gasteiger partial charge in [-0.3, -0.25) is 19.7 Å². The fourth-order valence-corrected chi connectivity index (χ4v) is 3.15. The topological polar surface area (TPSA) is 134 Å². The third-order valence-corrected chi connectivity index (χ3v) is 4.60. The van der Waals surface area contributed by atoms with Crippen LogP contribution in [0.15, 0.2) is 35.4 Å². The lowest BCUT2D eigenvalue weighted by molar-refractivity contribution is -0.385. The maximum absolute atomic E-state index is 12.0. The molecule has 0 spiro atoms. The predicted octanol–water partition coefficient (Wildman–Crippen LogP) is 3.74. The molecule has 0 bridgehead atoms. The van der Waals surface area contributed by atoms with Crippen LogP contribution in [0, 0.1) is 20.6 Å². The molecule has 11 heteroatoms. The predicted molar refractivity (Wildman–Crippen MR) is 117 cm³/mol. The van der Waals surface area contributed by atoms with Crippen molar-refractivity contribution < 1.29 is 19.6 Å². The van der Waals surface area contributed by atoms with Gasteiger partial charge in [-0.25, -0.2) is 5.43 Å². The average Bonchev–Trinajstić information content (AvgIpc) is 2.64. The van der Waals surface area contributed by atoms with Crippen molar-refractivity contribution in [3.8, 4) is 5.75 Å². The molecule has 0 radical (unpaired) electrons. The van der Waals surface area contributed by atoms with E-state index in [1.807, 2.05) is 19.1 Å². The van der Waals surface area contributed by atoms with Gasteiger partial charge < -0.3 is 10.4 Å². The fourth-order valence-electron chi connectivity index (χ4n) is 2.28. The lowest BCUT2D eigenvalue weighted by atomic mass is 10.2. The van der Waals surface area contributed by atoms with Crippen LogP contribution >= 0.6 is 34.2 Å². The number of halogens is 2. The Morgan fingerprint density at radius 2 is 1.97 bits per heavy atom. The summed E-state index contributed by atoms with van der Waals surface area (Å²) in [4.78, 5) is 33.9.